The lowest BCUT2D eigenvalue weighted by Gasteiger charge is -2.07. The van der Waals surface area contributed by atoms with Crippen LogP contribution in [0.1, 0.15) is 23.1 Å². The Labute approximate surface area is 167 Å². The minimum atomic E-state index is -0.517. The number of aromatic nitrogens is 2. The van der Waals surface area contributed by atoms with Crippen LogP contribution in [0.15, 0.2) is 60.2 Å². The lowest BCUT2D eigenvalue weighted by Crippen LogP contribution is -2.13. The molecule has 0 saturated carbocycles. The van der Waals surface area contributed by atoms with Crippen molar-refractivity contribution in [1.29, 1.82) is 5.26 Å². The molecule has 1 heterocycles. The van der Waals surface area contributed by atoms with Crippen LogP contribution in [-0.2, 0) is 17.8 Å². The van der Waals surface area contributed by atoms with Gasteiger partial charge in [-0.05, 0) is 35.8 Å². The van der Waals surface area contributed by atoms with Gasteiger partial charge >= 0.3 is 0 Å². The number of hydrogen-bond donors (Lipinski definition) is 1. The van der Waals surface area contributed by atoms with Crippen LogP contribution in [-0.4, -0.2) is 16.1 Å². The summed E-state index contributed by atoms with van der Waals surface area (Å²) in [7, 11) is 0. The maximum Gasteiger partial charge on any atom is 0.268 e. The number of rotatable bonds is 7. The predicted octanol–water partition coefficient (Wildman–Crippen LogP) is 4.23. The van der Waals surface area contributed by atoms with Crippen molar-refractivity contribution in [3.8, 4) is 11.8 Å². The van der Waals surface area contributed by atoms with E-state index in [-0.39, 0.29) is 5.57 Å². The number of nitrogens with one attached hydrogen (secondary N) is 1. The van der Waals surface area contributed by atoms with E-state index in [2.05, 4.69) is 15.5 Å². The molecular weight excluding hydrogens is 372 g/mol. The molecule has 1 N–H and O–H groups in total. The van der Waals surface area contributed by atoms with E-state index in [1.54, 1.807) is 12.1 Å². The molecule has 3 aromatic rings. The van der Waals surface area contributed by atoms with Gasteiger partial charge in [0.15, 0.2) is 0 Å². The zero-order chi connectivity index (χ0) is 19.8. The zero-order valence-electron chi connectivity index (χ0n) is 15.3. The Morgan fingerprint density at radius 2 is 2.04 bits per heavy atom. The Bertz CT molecular complexity index is 1020. The first-order valence-electron chi connectivity index (χ1n) is 8.70. The van der Waals surface area contributed by atoms with Crippen molar-refractivity contribution in [1.82, 2.24) is 10.2 Å². The van der Waals surface area contributed by atoms with Crippen LogP contribution >= 0.6 is 11.3 Å². The summed E-state index contributed by atoms with van der Waals surface area (Å²) in [6.45, 7) is 2.40. The van der Waals surface area contributed by atoms with Crippen LogP contribution in [0, 0.1) is 11.3 Å². The van der Waals surface area contributed by atoms with Crippen LogP contribution in [0.3, 0.4) is 0 Å². The number of carbonyl (C=O) groups excluding carboxylic acids is 1. The molecule has 0 aliphatic carbocycles. The summed E-state index contributed by atoms with van der Waals surface area (Å²) in [6.07, 6.45) is 2.26. The molecule has 2 aromatic carbocycles. The first kappa shape index (κ1) is 19.3. The fourth-order valence-electron chi connectivity index (χ4n) is 2.36. The summed E-state index contributed by atoms with van der Waals surface area (Å²) in [5, 5.41) is 21.0. The molecule has 0 radical (unpaired) electrons. The Hall–Kier alpha value is -3.50. The molecule has 1 amide bonds. The van der Waals surface area contributed by atoms with Crippen molar-refractivity contribution in [2.24, 2.45) is 0 Å². The highest BCUT2D eigenvalue weighted by Gasteiger charge is 2.12. The van der Waals surface area contributed by atoms with E-state index in [1.807, 2.05) is 55.5 Å². The fraction of sp³-hybridized carbons (Fsp3) is 0.143. The van der Waals surface area contributed by atoms with Gasteiger partial charge in [0.1, 0.15) is 29.0 Å². The molecule has 0 fully saturated rings. The Morgan fingerprint density at radius 3 is 2.75 bits per heavy atom. The average molecular weight is 390 g/mol. The molecule has 140 valence electrons. The van der Waals surface area contributed by atoms with Crippen LogP contribution in [0.25, 0.3) is 6.08 Å². The lowest BCUT2D eigenvalue weighted by atomic mass is 10.1. The molecule has 7 heteroatoms. The SMILES string of the molecule is CCc1nnc(NC(=O)/C(C#N)=C/c2cccc(OCc3ccccc3)c2)s1. The molecule has 0 unspecified atom stereocenters. The second kappa shape index (κ2) is 9.44. The lowest BCUT2D eigenvalue weighted by molar-refractivity contribution is -0.112. The van der Waals surface area contributed by atoms with Crippen molar-refractivity contribution >= 4 is 28.5 Å². The molecule has 28 heavy (non-hydrogen) atoms. The number of anilines is 1. The molecule has 0 bridgehead atoms. The van der Waals surface area contributed by atoms with Gasteiger partial charge < -0.3 is 4.74 Å². The Balaban J connectivity index is 1.69. The molecule has 0 spiro atoms. The standard InChI is InChI=1S/C21H18N4O2S/c1-2-19-24-25-21(28-19)23-20(26)17(13-22)11-16-9-6-10-18(12-16)27-14-15-7-4-3-5-8-15/h3-12H,2,14H2,1H3,(H,23,25,26)/b17-11+. The molecule has 3 rings (SSSR count). The molecule has 0 saturated heterocycles. The zero-order valence-corrected chi connectivity index (χ0v) is 16.1. The maximum absolute atomic E-state index is 12.3. The smallest absolute Gasteiger partial charge is 0.268 e. The van der Waals surface area contributed by atoms with E-state index in [0.717, 1.165) is 17.0 Å². The van der Waals surface area contributed by atoms with Gasteiger partial charge in [-0.25, -0.2) is 0 Å². The molecule has 0 atom stereocenters. The van der Waals surface area contributed by atoms with E-state index in [1.165, 1.54) is 17.4 Å². The number of benzene rings is 2. The van der Waals surface area contributed by atoms with Gasteiger partial charge in [0.25, 0.3) is 5.91 Å². The van der Waals surface area contributed by atoms with Crippen molar-refractivity contribution < 1.29 is 9.53 Å². The summed E-state index contributed by atoms with van der Waals surface area (Å²) in [5.74, 6) is 0.143. The molecule has 0 aliphatic rings. The van der Waals surface area contributed by atoms with Gasteiger partial charge in [-0.2, -0.15) is 5.26 Å². The third-order valence-electron chi connectivity index (χ3n) is 3.77. The van der Waals surface area contributed by atoms with Gasteiger partial charge in [-0.3, -0.25) is 10.1 Å². The minimum Gasteiger partial charge on any atom is -0.489 e. The van der Waals surface area contributed by atoms with Crippen LogP contribution < -0.4 is 10.1 Å². The number of amides is 1. The quantitative estimate of drug-likeness (QED) is 0.482. The Kier molecular flexibility index (Phi) is 6.50. The van der Waals surface area contributed by atoms with Gasteiger partial charge in [0.2, 0.25) is 5.13 Å². The van der Waals surface area contributed by atoms with Gasteiger partial charge in [0, 0.05) is 0 Å². The average Bonchev–Trinajstić information content (AvgIpc) is 3.19. The van der Waals surface area contributed by atoms with Crippen molar-refractivity contribution in [3.05, 3.63) is 76.3 Å². The third-order valence-corrected chi connectivity index (χ3v) is 4.76. The third kappa shape index (κ3) is 5.25. The number of aryl methyl sites for hydroxylation is 1. The molecule has 0 aliphatic heterocycles. The summed E-state index contributed by atoms with van der Waals surface area (Å²) < 4.78 is 5.79. The van der Waals surface area contributed by atoms with Crippen molar-refractivity contribution in [3.63, 3.8) is 0 Å². The predicted molar refractivity (Wildman–Crippen MR) is 109 cm³/mol. The fourth-order valence-corrected chi connectivity index (χ4v) is 3.04. The highest BCUT2D eigenvalue weighted by atomic mass is 32.1. The highest BCUT2D eigenvalue weighted by Crippen LogP contribution is 2.19. The van der Waals surface area contributed by atoms with Gasteiger partial charge in [0.05, 0.1) is 0 Å². The van der Waals surface area contributed by atoms with Gasteiger partial charge in [-0.15, -0.1) is 10.2 Å². The maximum atomic E-state index is 12.3. The van der Waals surface area contributed by atoms with E-state index in [9.17, 15) is 10.1 Å². The Morgan fingerprint density at radius 1 is 1.21 bits per heavy atom. The monoisotopic (exact) mass is 390 g/mol. The second-order valence-corrected chi connectivity index (χ2v) is 6.89. The summed E-state index contributed by atoms with van der Waals surface area (Å²) in [4.78, 5) is 12.3. The van der Waals surface area contributed by atoms with E-state index < -0.39 is 5.91 Å². The van der Waals surface area contributed by atoms with Crippen molar-refractivity contribution in [2.45, 2.75) is 20.0 Å². The first-order chi connectivity index (χ1) is 13.7. The highest BCUT2D eigenvalue weighted by molar-refractivity contribution is 7.15. The number of carbonyl (C=O) groups is 1. The van der Waals surface area contributed by atoms with Crippen molar-refractivity contribution in [2.75, 3.05) is 5.32 Å². The summed E-state index contributed by atoms with van der Waals surface area (Å²) >= 11 is 1.29. The second-order valence-electron chi connectivity index (χ2n) is 5.83. The van der Waals surface area contributed by atoms with Crippen LogP contribution in [0.5, 0.6) is 5.75 Å². The van der Waals surface area contributed by atoms with Crippen LogP contribution in [0.4, 0.5) is 5.13 Å². The normalized spacial score (nSPS) is 10.9. The summed E-state index contributed by atoms with van der Waals surface area (Å²) in [6, 6.07) is 19.0. The molecule has 6 nitrogen and oxygen atoms in total. The number of nitrogens with zero attached hydrogens (tertiary/aromatic N) is 3. The number of ether oxygens (including phenoxy) is 1. The van der Waals surface area contributed by atoms with E-state index in [4.69, 9.17) is 4.74 Å². The topological polar surface area (TPSA) is 87.9 Å². The minimum absolute atomic E-state index is 0.0199. The number of nitriles is 1. The van der Waals surface area contributed by atoms with Crippen LogP contribution in [0.2, 0.25) is 0 Å². The molecular formula is C21H18N4O2S. The number of hydrogen-bond acceptors (Lipinski definition) is 6. The first-order valence-corrected chi connectivity index (χ1v) is 9.52. The van der Waals surface area contributed by atoms with E-state index >= 15 is 0 Å². The molecule has 1 aromatic heterocycles. The van der Waals surface area contributed by atoms with Gasteiger partial charge in [-0.1, -0.05) is 60.7 Å². The summed E-state index contributed by atoms with van der Waals surface area (Å²) in [5.41, 5.74) is 1.74. The van der Waals surface area contributed by atoms with E-state index in [0.29, 0.717) is 23.1 Å². The largest absolute Gasteiger partial charge is 0.489 e.